The van der Waals surface area contributed by atoms with Crippen molar-refractivity contribution in [2.75, 3.05) is 26.4 Å². The number of carbonyl (C=O) groups is 2. The lowest BCUT2D eigenvalue weighted by molar-refractivity contribution is -0.161. The van der Waals surface area contributed by atoms with Crippen LogP contribution in [0.1, 0.15) is 232 Å². The third-order valence-electron chi connectivity index (χ3n) is 10.5. The average molecular weight is 854 g/mol. The van der Waals surface area contributed by atoms with Gasteiger partial charge in [0.1, 0.15) is 6.61 Å². The van der Waals surface area contributed by atoms with Crippen LogP contribution < -0.4 is 5.73 Å². The van der Waals surface area contributed by atoms with E-state index in [9.17, 15) is 19.0 Å². The van der Waals surface area contributed by atoms with E-state index in [-0.39, 0.29) is 38.6 Å². The summed E-state index contributed by atoms with van der Waals surface area (Å²) in [5.41, 5.74) is 5.36. The fraction of sp³-hybridized carbons (Fsp3) is 0.837. The Morgan fingerprint density at radius 1 is 0.508 bits per heavy atom. The zero-order chi connectivity index (χ0) is 43.2. The number of phosphoric ester groups is 1. The summed E-state index contributed by atoms with van der Waals surface area (Å²) in [6.45, 7) is 3.73. The Morgan fingerprint density at radius 3 is 1.34 bits per heavy atom. The van der Waals surface area contributed by atoms with Crippen molar-refractivity contribution in [3.8, 4) is 0 Å². The molecule has 0 aromatic carbocycles. The van der Waals surface area contributed by atoms with E-state index in [4.69, 9.17) is 24.3 Å². The number of esters is 2. The lowest BCUT2D eigenvalue weighted by Crippen LogP contribution is -2.29. The lowest BCUT2D eigenvalue weighted by Gasteiger charge is -2.19. The molecule has 0 spiro atoms. The van der Waals surface area contributed by atoms with Gasteiger partial charge in [0.25, 0.3) is 0 Å². The molecule has 0 fully saturated rings. The van der Waals surface area contributed by atoms with E-state index >= 15 is 0 Å². The van der Waals surface area contributed by atoms with Crippen LogP contribution in [-0.4, -0.2) is 49.3 Å². The minimum atomic E-state index is -4.38. The molecule has 346 valence electrons. The minimum Gasteiger partial charge on any atom is -0.462 e. The molecular formula is C49H92NO8P. The smallest absolute Gasteiger partial charge is 0.462 e. The highest BCUT2D eigenvalue weighted by molar-refractivity contribution is 7.47. The number of phosphoric acid groups is 1. The number of nitrogens with two attached hydrogens (primary N) is 1. The predicted octanol–water partition coefficient (Wildman–Crippen LogP) is 14.5. The summed E-state index contributed by atoms with van der Waals surface area (Å²) >= 11 is 0. The molecule has 0 amide bonds. The number of hydrogen-bond donors (Lipinski definition) is 2. The van der Waals surface area contributed by atoms with Crippen LogP contribution >= 0.6 is 7.82 Å². The second kappa shape index (κ2) is 45.7. The highest BCUT2D eigenvalue weighted by Gasteiger charge is 2.26. The van der Waals surface area contributed by atoms with Crippen molar-refractivity contribution in [2.45, 2.75) is 238 Å². The van der Waals surface area contributed by atoms with Crippen molar-refractivity contribution >= 4 is 19.8 Å². The molecule has 0 heterocycles. The van der Waals surface area contributed by atoms with Gasteiger partial charge in [0.05, 0.1) is 13.2 Å². The summed E-state index contributed by atoms with van der Waals surface area (Å²) in [6.07, 6.45) is 51.7. The van der Waals surface area contributed by atoms with Crippen LogP contribution in [-0.2, 0) is 32.7 Å². The predicted molar refractivity (Wildman–Crippen MR) is 247 cm³/mol. The monoisotopic (exact) mass is 854 g/mol. The van der Waals surface area contributed by atoms with Gasteiger partial charge in [-0.3, -0.25) is 18.6 Å². The largest absolute Gasteiger partial charge is 0.472 e. The van der Waals surface area contributed by atoms with Gasteiger partial charge in [-0.1, -0.05) is 185 Å². The molecule has 0 bridgehead atoms. The highest BCUT2D eigenvalue weighted by atomic mass is 31.2. The summed E-state index contributed by atoms with van der Waals surface area (Å²) in [5.74, 6) is -0.832. The summed E-state index contributed by atoms with van der Waals surface area (Å²) in [4.78, 5) is 35.0. The molecule has 0 rings (SSSR count). The molecule has 2 atom stereocenters. The number of allylic oxidation sites excluding steroid dienone is 6. The molecular weight excluding hydrogens is 762 g/mol. The van der Waals surface area contributed by atoms with Crippen LogP contribution in [0.25, 0.3) is 0 Å². The van der Waals surface area contributed by atoms with Gasteiger partial charge in [0.15, 0.2) is 6.10 Å². The molecule has 0 aliphatic rings. The molecule has 0 aromatic rings. The number of hydrogen-bond acceptors (Lipinski definition) is 8. The molecule has 0 aliphatic heterocycles. The van der Waals surface area contributed by atoms with Crippen LogP contribution in [0.4, 0.5) is 0 Å². The molecule has 0 aliphatic carbocycles. The van der Waals surface area contributed by atoms with E-state index in [1.165, 1.54) is 135 Å². The minimum absolute atomic E-state index is 0.0522. The quantitative estimate of drug-likeness (QED) is 0.0265. The standard InChI is InChI=1S/C49H92NO8P/c1-3-5-7-9-11-13-15-17-19-21-23-25-27-29-31-33-35-37-39-41-48(51)55-45-47(46-57-59(53,54)56-44-43-50)58-49(52)42-40-38-36-34-32-30-28-26-24-22-20-18-16-14-12-10-8-6-4-2/h12,14,18,20-21,23,47H,3-11,13,15-17,19,22,24-46,50H2,1-2H3,(H,53,54)/b14-12-,20-18-,23-21-/t47-/m1/s1. The summed E-state index contributed by atoms with van der Waals surface area (Å²) in [5, 5.41) is 0. The second-order valence-corrected chi connectivity index (χ2v) is 17.8. The normalized spacial score (nSPS) is 13.5. The van der Waals surface area contributed by atoms with E-state index in [0.29, 0.717) is 6.42 Å². The zero-order valence-corrected chi connectivity index (χ0v) is 39.1. The molecule has 0 saturated carbocycles. The molecule has 3 N–H and O–H groups in total. The lowest BCUT2D eigenvalue weighted by atomic mass is 10.1. The molecule has 10 heteroatoms. The van der Waals surface area contributed by atoms with Crippen molar-refractivity contribution in [3.05, 3.63) is 36.5 Å². The van der Waals surface area contributed by atoms with E-state index < -0.39 is 26.5 Å². The van der Waals surface area contributed by atoms with Crippen molar-refractivity contribution in [3.63, 3.8) is 0 Å². The Labute approximate surface area is 363 Å². The van der Waals surface area contributed by atoms with E-state index in [0.717, 1.165) is 64.2 Å². The van der Waals surface area contributed by atoms with Gasteiger partial charge in [-0.05, 0) is 70.6 Å². The fourth-order valence-corrected chi connectivity index (χ4v) is 7.60. The zero-order valence-electron chi connectivity index (χ0n) is 38.2. The average Bonchev–Trinajstić information content (AvgIpc) is 3.22. The number of ether oxygens (including phenoxy) is 2. The second-order valence-electron chi connectivity index (χ2n) is 16.3. The van der Waals surface area contributed by atoms with Crippen LogP contribution in [0.3, 0.4) is 0 Å². The summed E-state index contributed by atoms with van der Waals surface area (Å²) in [6, 6.07) is 0. The maximum atomic E-state index is 12.6. The van der Waals surface area contributed by atoms with Gasteiger partial charge in [0, 0.05) is 19.4 Å². The third kappa shape index (κ3) is 45.6. The summed E-state index contributed by atoms with van der Waals surface area (Å²) < 4.78 is 32.9. The van der Waals surface area contributed by atoms with E-state index in [2.05, 4.69) is 50.3 Å². The Morgan fingerprint density at radius 2 is 0.881 bits per heavy atom. The van der Waals surface area contributed by atoms with Crippen LogP contribution in [0.5, 0.6) is 0 Å². The van der Waals surface area contributed by atoms with Crippen LogP contribution in [0, 0.1) is 0 Å². The fourth-order valence-electron chi connectivity index (χ4n) is 6.84. The van der Waals surface area contributed by atoms with Crippen molar-refractivity contribution in [1.29, 1.82) is 0 Å². The number of carbonyl (C=O) groups excluding carboxylic acids is 2. The van der Waals surface area contributed by atoms with Gasteiger partial charge >= 0.3 is 19.8 Å². The van der Waals surface area contributed by atoms with Gasteiger partial charge in [0.2, 0.25) is 0 Å². The Kier molecular flexibility index (Phi) is 44.4. The molecule has 0 radical (unpaired) electrons. The molecule has 1 unspecified atom stereocenters. The first kappa shape index (κ1) is 57.2. The summed E-state index contributed by atoms with van der Waals surface area (Å²) in [7, 11) is -4.38. The Hall–Kier alpha value is -1.77. The van der Waals surface area contributed by atoms with E-state index in [1.54, 1.807) is 0 Å². The first-order valence-electron chi connectivity index (χ1n) is 24.5. The highest BCUT2D eigenvalue weighted by Crippen LogP contribution is 2.43. The van der Waals surface area contributed by atoms with Crippen LogP contribution in [0.2, 0.25) is 0 Å². The Balaban J connectivity index is 4.08. The number of unbranched alkanes of at least 4 members (excludes halogenated alkanes) is 27. The Bertz CT molecular complexity index is 1060. The third-order valence-corrected chi connectivity index (χ3v) is 11.5. The molecule has 0 saturated heterocycles. The first-order chi connectivity index (χ1) is 28.8. The first-order valence-corrected chi connectivity index (χ1v) is 26.0. The van der Waals surface area contributed by atoms with Gasteiger partial charge in [-0.25, -0.2) is 4.57 Å². The SMILES string of the molecule is CCCCC/C=C\C/C=C\CCCCCCCCCCCC(=O)O[C@H](COC(=O)CCCCCCCCC/C=C\CCCCCCCCCC)COP(=O)(O)OCCN. The number of rotatable bonds is 46. The van der Waals surface area contributed by atoms with Crippen molar-refractivity contribution < 1.29 is 37.6 Å². The molecule has 59 heavy (non-hydrogen) atoms. The van der Waals surface area contributed by atoms with Crippen molar-refractivity contribution in [1.82, 2.24) is 0 Å². The van der Waals surface area contributed by atoms with Gasteiger partial charge in [-0.2, -0.15) is 0 Å². The molecule has 9 nitrogen and oxygen atoms in total. The van der Waals surface area contributed by atoms with Crippen molar-refractivity contribution in [2.24, 2.45) is 5.73 Å². The van der Waals surface area contributed by atoms with E-state index in [1.807, 2.05) is 0 Å². The van der Waals surface area contributed by atoms with Gasteiger partial charge < -0.3 is 20.1 Å². The maximum absolute atomic E-state index is 12.6. The molecule has 0 aromatic heterocycles. The van der Waals surface area contributed by atoms with Crippen LogP contribution in [0.15, 0.2) is 36.5 Å². The topological polar surface area (TPSA) is 134 Å². The maximum Gasteiger partial charge on any atom is 0.472 e. The van der Waals surface area contributed by atoms with Gasteiger partial charge in [-0.15, -0.1) is 0 Å².